The van der Waals surface area contributed by atoms with Gasteiger partial charge >= 0.3 is 0 Å². The van der Waals surface area contributed by atoms with Crippen molar-refractivity contribution in [2.45, 2.75) is 25.0 Å². The van der Waals surface area contributed by atoms with Crippen molar-refractivity contribution in [3.05, 3.63) is 71.7 Å². The molecule has 3 aromatic rings. The Morgan fingerprint density at radius 3 is 2.59 bits per heavy atom. The Balaban J connectivity index is 1.29. The minimum atomic E-state index is -0.228. The van der Waals surface area contributed by atoms with E-state index in [1.54, 1.807) is 0 Å². The van der Waals surface area contributed by atoms with Crippen molar-refractivity contribution in [1.82, 2.24) is 4.98 Å². The Morgan fingerprint density at radius 1 is 1.14 bits per heavy atom. The van der Waals surface area contributed by atoms with E-state index in [-0.39, 0.29) is 11.2 Å². The molecule has 0 fully saturated rings. The molecule has 1 aliphatic heterocycles. The van der Waals surface area contributed by atoms with Gasteiger partial charge in [-0.15, -0.1) is 0 Å². The van der Waals surface area contributed by atoms with Gasteiger partial charge in [-0.1, -0.05) is 54.2 Å². The molecular formula is C22H21N3O3S. The molecule has 0 saturated heterocycles. The monoisotopic (exact) mass is 407 g/mol. The molecule has 0 saturated carbocycles. The van der Waals surface area contributed by atoms with E-state index in [0.29, 0.717) is 30.5 Å². The number of aliphatic imine (C=N–C) groups is 1. The third kappa shape index (κ3) is 4.68. The largest absolute Gasteiger partial charge is 0.493 e. The molecule has 29 heavy (non-hydrogen) atoms. The van der Waals surface area contributed by atoms with E-state index in [9.17, 15) is 4.79 Å². The van der Waals surface area contributed by atoms with Gasteiger partial charge in [0.2, 0.25) is 0 Å². The number of rotatable bonds is 7. The minimum absolute atomic E-state index is 0.163. The van der Waals surface area contributed by atoms with Gasteiger partial charge in [-0.3, -0.25) is 4.79 Å². The number of amidine groups is 1. The van der Waals surface area contributed by atoms with Gasteiger partial charge in [0.25, 0.3) is 5.91 Å². The van der Waals surface area contributed by atoms with Crippen LogP contribution in [-0.2, 0) is 17.6 Å². The molecule has 148 valence electrons. The van der Waals surface area contributed by atoms with Crippen LogP contribution in [0.4, 0.5) is 0 Å². The van der Waals surface area contributed by atoms with Crippen molar-refractivity contribution in [3.8, 4) is 17.1 Å². The number of ether oxygens (including phenoxy) is 1. The number of oxazole rings is 1. The van der Waals surface area contributed by atoms with E-state index in [1.807, 2.05) is 61.5 Å². The molecule has 0 bridgehead atoms. The van der Waals surface area contributed by atoms with Crippen LogP contribution in [0.1, 0.15) is 17.1 Å². The number of nitrogens with zero attached hydrogens (tertiary/aromatic N) is 2. The number of carbonyl (C=O) groups is 1. The second kappa shape index (κ2) is 8.53. The summed E-state index contributed by atoms with van der Waals surface area (Å²) >= 11 is 1.32. The van der Waals surface area contributed by atoms with Crippen molar-refractivity contribution < 1.29 is 13.9 Å². The standard InChI is InChI=1S/C22H21N3O3S/c1-14-20(16-5-3-2-4-6-16)28-19(24-14)11-12-27-17-9-7-15(8-10-17)13-18-21(26)25-22(23)29-18/h2-10,18H,11-13H2,1H3,(H2,23,25,26). The zero-order chi connectivity index (χ0) is 20.2. The molecule has 1 atom stereocenters. The average Bonchev–Trinajstić information content (AvgIpc) is 3.25. The van der Waals surface area contributed by atoms with Crippen LogP contribution in [-0.4, -0.2) is 27.9 Å². The van der Waals surface area contributed by atoms with Gasteiger partial charge in [-0.25, -0.2) is 4.98 Å². The highest BCUT2D eigenvalue weighted by Crippen LogP contribution is 2.26. The van der Waals surface area contributed by atoms with E-state index in [1.165, 1.54) is 11.8 Å². The summed E-state index contributed by atoms with van der Waals surface area (Å²) in [6.45, 7) is 2.41. The molecule has 2 N–H and O–H groups in total. The van der Waals surface area contributed by atoms with E-state index in [2.05, 4.69) is 9.98 Å². The van der Waals surface area contributed by atoms with Gasteiger partial charge in [0.1, 0.15) is 5.75 Å². The van der Waals surface area contributed by atoms with Crippen LogP contribution in [0.15, 0.2) is 64.0 Å². The number of aryl methyl sites for hydroxylation is 1. The number of hydrogen-bond acceptors (Lipinski definition) is 6. The smallest absolute Gasteiger partial charge is 0.261 e. The van der Waals surface area contributed by atoms with Crippen LogP contribution in [0.2, 0.25) is 0 Å². The Morgan fingerprint density at radius 2 is 1.90 bits per heavy atom. The first-order valence-corrected chi connectivity index (χ1v) is 10.2. The number of amides is 1. The summed E-state index contributed by atoms with van der Waals surface area (Å²) in [4.78, 5) is 20.0. The first-order chi connectivity index (χ1) is 14.1. The van der Waals surface area contributed by atoms with Crippen molar-refractivity contribution >= 4 is 22.8 Å². The van der Waals surface area contributed by atoms with Crippen molar-refractivity contribution in [1.29, 1.82) is 0 Å². The zero-order valence-electron chi connectivity index (χ0n) is 16.0. The maximum absolute atomic E-state index is 11.7. The maximum Gasteiger partial charge on any atom is 0.261 e. The lowest BCUT2D eigenvalue weighted by atomic mass is 10.1. The van der Waals surface area contributed by atoms with Crippen LogP contribution >= 0.6 is 11.8 Å². The normalized spacial score (nSPS) is 16.1. The highest BCUT2D eigenvalue weighted by atomic mass is 32.2. The fourth-order valence-electron chi connectivity index (χ4n) is 3.14. The Hall–Kier alpha value is -3.06. The van der Waals surface area contributed by atoms with Crippen LogP contribution in [0, 0.1) is 6.92 Å². The molecule has 0 aliphatic carbocycles. The van der Waals surface area contributed by atoms with Crippen LogP contribution < -0.4 is 10.5 Å². The summed E-state index contributed by atoms with van der Waals surface area (Å²) in [5, 5.41) is 0.117. The van der Waals surface area contributed by atoms with Crippen molar-refractivity contribution in [2.75, 3.05) is 6.61 Å². The highest BCUT2D eigenvalue weighted by molar-refractivity contribution is 8.15. The number of carbonyl (C=O) groups excluding carboxylic acids is 1. The molecule has 1 aliphatic rings. The summed E-state index contributed by atoms with van der Waals surface area (Å²) in [5.41, 5.74) is 8.54. The third-order valence-corrected chi connectivity index (χ3v) is 5.55. The van der Waals surface area contributed by atoms with E-state index < -0.39 is 0 Å². The summed E-state index contributed by atoms with van der Waals surface area (Å²) in [6.07, 6.45) is 1.19. The molecule has 2 aromatic carbocycles. The number of nitrogens with two attached hydrogens (primary N) is 1. The fraction of sp³-hybridized carbons (Fsp3) is 0.227. The number of benzene rings is 2. The number of hydrogen-bond donors (Lipinski definition) is 1. The van der Waals surface area contributed by atoms with Gasteiger partial charge in [0, 0.05) is 5.56 Å². The Bertz CT molecular complexity index is 1030. The van der Waals surface area contributed by atoms with Gasteiger partial charge in [-0.05, 0) is 31.0 Å². The van der Waals surface area contributed by atoms with Crippen LogP contribution in [0.3, 0.4) is 0 Å². The molecule has 4 rings (SSSR count). The quantitative estimate of drug-likeness (QED) is 0.641. The predicted molar refractivity (Wildman–Crippen MR) is 114 cm³/mol. The van der Waals surface area contributed by atoms with Crippen molar-refractivity contribution in [2.24, 2.45) is 10.7 Å². The molecule has 0 radical (unpaired) electrons. The first kappa shape index (κ1) is 19.3. The summed E-state index contributed by atoms with van der Waals surface area (Å²) in [7, 11) is 0. The summed E-state index contributed by atoms with van der Waals surface area (Å²) in [6, 6.07) is 17.7. The highest BCUT2D eigenvalue weighted by Gasteiger charge is 2.26. The molecule has 2 heterocycles. The van der Waals surface area contributed by atoms with Gasteiger partial charge in [0.15, 0.2) is 16.8 Å². The molecule has 0 spiro atoms. The third-order valence-electron chi connectivity index (χ3n) is 4.56. The second-order valence-electron chi connectivity index (χ2n) is 6.73. The van der Waals surface area contributed by atoms with Crippen LogP contribution in [0.25, 0.3) is 11.3 Å². The van der Waals surface area contributed by atoms with Gasteiger partial charge in [0.05, 0.1) is 24.0 Å². The van der Waals surface area contributed by atoms with Crippen LogP contribution in [0.5, 0.6) is 5.75 Å². The lowest BCUT2D eigenvalue weighted by molar-refractivity contribution is -0.117. The van der Waals surface area contributed by atoms with E-state index >= 15 is 0 Å². The van der Waals surface area contributed by atoms with E-state index in [0.717, 1.165) is 28.3 Å². The molecule has 6 nitrogen and oxygen atoms in total. The maximum atomic E-state index is 11.7. The molecule has 1 unspecified atom stereocenters. The van der Waals surface area contributed by atoms with E-state index in [4.69, 9.17) is 14.9 Å². The Kier molecular flexibility index (Phi) is 5.67. The summed E-state index contributed by atoms with van der Waals surface area (Å²) in [5.74, 6) is 2.06. The number of aromatic nitrogens is 1. The average molecular weight is 407 g/mol. The Labute approximate surface area is 173 Å². The molecular weight excluding hydrogens is 386 g/mol. The first-order valence-electron chi connectivity index (χ1n) is 9.36. The van der Waals surface area contributed by atoms with Crippen molar-refractivity contribution in [3.63, 3.8) is 0 Å². The number of thioether (sulfide) groups is 1. The lowest BCUT2D eigenvalue weighted by Crippen LogP contribution is -2.14. The second-order valence-corrected chi connectivity index (χ2v) is 7.95. The predicted octanol–water partition coefficient (Wildman–Crippen LogP) is 3.77. The SMILES string of the molecule is Cc1nc(CCOc2ccc(CC3SC(N)=NC3=O)cc2)oc1-c1ccccc1. The molecule has 7 heteroatoms. The summed E-state index contributed by atoms with van der Waals surface area (Å²) < 4.78 is 11.7. The molecule has 1 aromatic heterocycles. The zero-order valence-corrected chi connectivity index (χ0v) is 16.8. The molecule has 1 amide bonds. The topological polar surface area (TPSA) is 90.7 Å². The fourth-order valence-corrected chi connectivity index (χ4v) is 4.00. The lowest BCUT2D eigenvalue weighted by Gasteiger charge is -2.08. The van der Waals surface area contributed by atoms with Gasteiger partial charge in [-0.2, -0.15) is 4.99 Å². The van der Waals surface area contributed by atoms with Gasteiger partial charge < -0.3 is 14.9 Å². The minimum Gasteiger partial charge on any atom is -0.493 e.